The van der Waals surface area contributed by atoms with Crippen LogP contribution in [0.25, 0.3) is 0 Å². The van der Waals surface area contributed by atoms with Crippen LogP contribution in [-0.4, -0.2) is 19.4 Å². The molecule has 0 aliphatic heterocycles. The predicted molar refractivity (Wildman–Crippen MR) is 46.6 cm³/mol. The SMILES string of the molecule is C.C=C.CCOC(=O)OCC. The summed E-state index contributed by atoms with van der Waals surface area (Å²) in [6, 6.07) is 0. The van der Waals surface area contributed by atoms with Crippen molar-refractivity contribution in [1.29, 1.82) is 0 Å². The normalized spacial score (nSPS) is 6.36. The van der Waals surface area contributed by atoms with Gasteiger partial charge >= 0.3 is 6.16 Å². The second kappa shape index (κ2) is 16.0. The molecule has 0 bridgehead atoms. The summed E-state index contributed by atoms with van der Waals surface area (Å²) in [4.78, 5) is 10.2. The van der Waals surface area contributed by atoms with Crippen LogP contribution in [0.5, 0.6) is 0 Å². The third-order valence-electron chi connectivity index (χ3n) is 0.524. The maximum absolute atomic E-state index is 10.2. The van der Waals surface area contributed by atoms with Gasteiger partial charge in [-0.15, -0.1) is 13.2 Å². The Morgan fingerprint density at radius 3 is 1.64 bits per heavy atom. The molecule has 3 nitrogen and oxygen atoms in total. The van der Waals surface area contributed by atoms with Gasteiger partial charge in [0, 0.05) is 0 Å². The van der Waals surface area contributed by atoms with Gasteiger partial charge in [0.15, 0.2) is 0 Å². The zero-order valence-electron chi connectivity index (χ0n) is 6.55. The molecule has 0 saturated heterocycles. The predicted octanol–water partition coefficient (Wildman–Crippen LogP) is 2.62. The van der Waals surface area contributed by atoms with Crippen molar-refractivity contribution in [3.63, 3.8) is 0 Å². The molecule has 68 valence electrons. The topological polar surface area (TPSA) is 35.5 Å². The monoisotopic (exact) mass is 162 g/mol. The molecule has 0 aromatic carbocycles. The zero-order valence-corrected chi connectivity index (χ0v) is 6.55. The minimum atomic E-state index is -0.588. The van der Waals surface area contributed by atoms with Gasteiger partial charge in [-0.25, -0.2) is 4.79 Å². The van der Waals surface area contributed by atoms with E-state index in [0.29, 0.717) is 13.2 Å². The lowest BCUT2D eigenvalue weighted by Crippen LogP contribution is -2.05. The molecule has 0 aromatic heterocycles. The van der Waals surface area contributed by atoms with Crippen molar-refractivity contribution in [3.05, 3.63) is 13.2 Å². The van der Waals surface area contributed by atoms with Gasteiger partial charge in [0.1, 0.15) is 0 Å². The Kier molecular flexibility index (Phi) is 24.1. The first kappa shape index (κ1) is 16.5. The Bertz CT molecular complexity index is 73.4. The molecule has 0 fully saturated rings. The van der Waals surface area contributed by atoms with Crippen molar-refractivity contribution < 1.29 is 14.3 Å². The highest BCUT2D eigenvalue weighted by Gasteiger charge is 1.96. The smallest absolute Gasteiger partial charge is 0.435 e. The molecule has 0 heterocycles. The summed E-state index contributed by atoms with van der Waals surface area (Å²) in [7, 11) is 0. The highest BCUT2D eigenvalue weighted by atomic mass is 16.7. The quantitative estimate of drug-likeness (QED) is 0.462. The molecule has 0 atom stereocenters. The fourth-order valence-corrected chi connectivity index (χ4v) is 0.277. The fraction of sp³-hybridized carbons (Fsp3) is 0.625. The van der Waals surface area contributed by atoms with Crippen LogP contribution in [0.15, 0.2) is 13.2 Å². The van der Waals surface area contributed by atoms with E-state index in [1.165, 1.54) is 0 Å². The van der Waals surface area contributed by atoms with E-state index in [0.717, 1.165) is 0 Å². The van der Waals surface area contributed by atoms with Crippen molar-refractivity contribution >= 4 is 6.16 Å². The second-order valence-electron chi connectivity index (χ2n) is 1.12. The van der Waals surface area contributed by atoms with Crippen LogP contribution in [0.3, 0.4) is 0 Å². The van der Waals surface area contributed by atoms with Crippen molar-refractivity contribution in [2.24, 2.45) is 0 Å². The molecule has 0 amide bonds. The van der Waals surface area contributed by atoms with Crippen LogP contribution >= 0.6 is 0 Å². The lowest BCUT2D eigenvalue weighted by Gasteiger charge is -1.98. The molecule has 11 heavy (non-hydrogen) atoms. The molecule has 0 N–H and O–H groups in total. The van der Waals surface area contributed by atoms with E-state index in [1.807, 2.05) is 0 Å². The lowest BCUT2D eigenvalue weighted by atomic mass is 10.8. The van der Waals surface area contributed by atoms with Gasteiger partial charge in [0.05, 0.1) is 13.2 Å². The molecular weight excluding hydrogens is 144 g/mol. The molecule has 0 aliphatic rings. The van der Waals surface area contributed by atoms with E-state index >= 15 is 0 Å². The van der Waals surface area contributed by atoms with Crippen molar-refractivity contribution in [3.8, 4) is 0 Å². The molecule has 3 heteroatoms. The molecule has 0 spiro atoms. The molecule has 0 unspecified atom stereocenters. The summed E-state index contributed by atoms with van der Waals surface area (Å²) in [6.45, 7) is 10.2. The van der Waals surface area contributed by atoms with Crippen molar-refractivity contribution in [2.75, 3.05) is 13.2 Å². The largest absolute Gasteiger partial charge is 0.508 e. The summed E-state index contributed by atoms with van der Waals surface area (Å²) in [5.74, 6) is 0. The van der Waals surface area contributed by atoms with Crippen LogP contribution in [0.1, 0.15) is 21.3 Å². The second-order valence-corrected chi connectivity index (χ2v) is 1.12. The highest BCUT2D eigenvalue weighted by molar-refractivity contribution is 5.59. The maximum Gasteiger partial charge on any atom is 0.508 e. The summed E-state index contributed by atoms with van der Waals surface area (Å²) in [6.07, 6.45) is -0.588. The highest BCUT2D eigenvalue weighted by Crippen LogP contribution is 1.81. The number of ether oxygens (including phenoxy) is 2. The van der Waals surface area contributed by atoms with Crippen LogP contribution in [-0.2, 0) is 9.47 Å². The van der Waals surface area contributed by atoms with Gasteiger partial charge in [0.2, 0.25) is 0 Å². The van der Waals surface area contributed by atoms with Crippen LogP contribution < -0.4 is 0 Å². The third kappa shape index (κ3) is 17.6. The van der Waals surface area contributed by atoms with Crippen molar-refractivity contribution in [1.82, 2.24) is 0 Å². The van der Waals surface area contributed by atoms with E-state index < -0.39 is 6.16 Å². The Labute approximate surface area is 69.0 Å². The third-order valence-corrected chi connectivity index (χ3v) is 0.524. The first-order valence-electron chi connectivity index (χ1n) is 3.10. The van der Waals surface area contributed by atoms with Crippen LogP contribution in [0.2, 0.25) is 0 Å². The average molecular weight is 162 g/mol. The van der Waals surface area contributed by atoms with E-state index in [1.54, 1.807) is 13.8 Å². The number of carbonyl (C=O) groups excluding carboxylic acids is 1. The Balaban J connectivity index is -0.000000196. The summed E-state index contributed by atoms with van der Waals surface area (Å²) < 4.78 is 8.84. The van der Waals surface area contributed by atoms with E-state index in [-0.39, 0.29) is 7.43 Å². The molecule has 0 rings (SSSR count). The molecule has 0 radical (unpaired) electrons. The maximum atomic E-state index is 10.2. The van der Waals surface area contributed by atoms with Gasteiger partial charge < -0.3 is 9.47 Å². The van der Waals surface area contributed by atoms with Gasteiger partial charge in [0.25, 0.3) is 0 Å². The molecule has 0 saturated carbocycles. The summed E-state index contributed by atoms with van der Waals surface area (Å²) >= 11 is 0. The minimum absolute atomic E-state index is 0. The number of hydrogen-bond acceptors (Lipinski definition) is 3. The zero-order chi connectivity index (χ0) is 8.41. The first-order chi connectivity index (χ1) is 4.81. The molecule has 0 aromatic rings. The average Bonchev–Trinajstić information content (AvgIpc) is 1.93. The molecule has 0 aliphatic carbocycles. The van der Waals surface area contributed by atoms with E-state index in [9.17, 15) is 4.79 Å². The van der Waals surface area contributed by atoms with E-state index in [2.05, 4.69) is 22.6 Å². The number of hydrogen-bond donors (Lipinski definition) is 0. The Morgan fingerprint density at radius 2 is 1.45 bits per heavy atom. The summed E-state index contributed by atoms with van der Waals surface area (Å²) in [5, 5.41) is 0. The van der Waals surface area contributed by atoms with Gasteiger partial charge in [-0.3, -0.25) is 0 Å². The van der Waals surface area contributed by atoms with Crippen LogP contribution in [0.4, 0.5) is 4.79 Å². The Morgan fingerprint density at radius 1 is 1.18 bits per heavy atom. The van der Waals surface area contributed by atoms with E-state index in [4.69, 9.17) is 0 Å². The van der Waals surface area contributed by atoms with Gasteiger partial charge in [-0.05, 0) is 13.8 Å². The minimum Gasteiger partial charge on any atom is -0.435 e. The van der Waals surface area contributed by atoms with Gasteiger partial charge in [-0.1, -0.05) is 7.43 Å². The molecular formula is C8H18O3. The summed E-state index contributed by atoms with van der Waals surface area (Å²) in [5.41, 5.74) is 0. The Hall–Kier alpha value is -0.990. The lowest BCUT2D eigenvalue weighted by molar-refractivity contribution is 0.0630. The number of carbonyl (C=O) groups is 1. The number of rotatable bonds is 2. The standard InChI is InChI=1S/C5H10O3.C2H4.CH4/c1-3-7-5(6)8-4-2;1-2;/h3-4H2,1-2H3;1-2H2;1H4. The van der Waals surface area contributed by atoms with Crippen LogP contribution in [0, 0.1) is 0 Å². The first-order valence-corrected chi connectivity index (χ1v) is 3.10. The fourth-order valence-electron chi connectivity index (χ4n) is 0.277. The van der Waals surface area contributed by atoms with Crippen molar-refractivity contribution in [2.45, 2.75) is 21.3 Å². The van der Waals surface area contributed by atoms with Gasteiger partial charge in [-0.2, -0.15) is 0 Å².